The third kappa shape index (κ3) is 3.57. The van der Waals surface area contributed by atoms with Crippen LogP contribution in [0, 0.1) is 6.92 Å². The Kier molecular flexibility index (Phi) is 4.56. The highest BCUT2D eigenvalue weighted by Gasteiger charge is 2.11. The highest BCUT2D eigenvalue weighted by Crippen LogP contribution is 2.31. The van der Waals surface area contributed by atoms with Crippen LogP contribution >= 0.6 is 0 Å². The van der Waals surface area contributed by atoms with Crippen molar-refractivity contribution >= 4 is 5.69 Å². The van der Waals surface area contributed by atoms with Gasteiger partial charge in [0, 0.05) is 17.9 Å². The summed E-state index contributed by atoms with van der Waals surface area (Å²) >= 11 is 0. The number of anilines is 1. The molecule has 2 N–H and O–H groups in total. The summed E-state index contributed by atoms with van der Waals surface area (Å²) in [6.45, 7) is 11.0. The lowest BCUT2D eigenvalue weighted by Crippen LogP contribution is -2.05. The monoisotopic (exact) mass is 287 g/mol. The highest BCUT2D eigenvalue weighted by molar-refractivity contribution is 5.55. The molecule has 0 aliphatic rings. The Balaban J connectivity index is 2.17. The molecule has 0 radical (unpaired) electrons. The average molecular weight is 287 g/mol. The Bertz CT molecular complexity index is 614. The molecule has 1 heterocycles. The summed E-state index contributed by atoms with van der Waals surface area (Å²) in [6, 6.07) is 6.40. The zero-order valence-electron chi connectivity index (χ0n) is 13.6. The second kappa shape index (κ2) is 6.20. The summed E-state index contributed by atoms with van der Waals surface area (Å²) in [7, 11) is 0. The molecule has 0 aliphatic heterocycles. The summed E-state index contributed by atoms with van der Waals surface area (Å²) < 4.78 is 7.92. The number of hydrogen-bond donors (Lipinski definition) is 1. The van der Waals surface area contributed by atoms with Crippen molar-refractivity contribution in [2.75, 3.05) is 5.73 Å². The number of nitrogens with zero attached hydrogens (tertiary/aromatic N) is 2. The molecule has 2 rings (SSSR count). The summed E-state index contributed by atoms with van der Waals surface area (Å²) in [6.07, 6.45) is 1.99. The first-order valence-electron chi connectivity index (χ1n) is 7.45. The molecule has 4 nitrogen and oxygen atoms in total. The van der Waals surface area contributed by atoms with Crippen LogP contribution in [0.2, 0.25) is 0 Å². The lowest BCUT2D eigenvalue weighted by molar-refractivity contribution is 0.294. The smallest absolute Gasteiger partial charge is 0.132 e. The van der Waals surface area contributed by atoms with Gasteiger partial charge in [-0.1, -0.05) is 13.8 Å². The number of nitrogens with two attached hydrogens (primary N) is 1. The molecule has 0 fully saturated rings. The Morgan fingerprint density at radius 3 is 2.52 bits per heavy atom. The maximum absolute atomic E-state index is 6.00. The van der Waals surface area contributed by atoms with Crippen molar-refractivity contribution in [3.63, 3.8) is 0 Å². The van der Waals surface area contributed by atoms with Crippen LogP contribution in [0.1, 0.15) is 56.5 Å². The molecule has 0 spiro atoms. The van der Waals surface area contributed by atoms with Crippen LogP contribution in [0.5, 0.6) is 5.75 Å². The van der Waals surface area contributed by atoms with E-state index in [9.17, 15) is 0 Å². The second-order valence-electron chi connectivity index (χ2n) is 6.07. The maximum Gasteiger partial charge on any atom is 0.132 e. The van der Waals surface area contributed by atoms with Crippen LogP contribution in [0.25, 0.3) is 0 Å². The molecule has 2 aromatic rings. The Hall–Kier alpha value is -1.97. The maximum atomic E-state index is 6.00. The first-order valence-corrected chi connectivity index (χ1v) is 7.45. The summed E-state index contributed by atoms with van der Waals surface area (Å²) in [4.78, 5) is 0. The molecule has 114 valence electrons. The van der Waals surface area contributed by atoms with Gasteiger partial charge in [-0.05, 0) is 56.0 Å². The van der Waals surface area contributed by atoms with E-state index in [1.54, 1.807) is 0 Å². The van der Waals surface area contributed by atoms with E-state index < -0.39 is 0 Å². The molecule has 0 unspecified atom stereocenters. The largest absolute Gasteiger partial charge is 0.487 e. The van der Waals surface area contributed by atoms with Crippen molar-refractivity contribution in [3.8, 4) is 5.75 Å². The molecule has 0 amide bonds. The standard InChI is InChI=1S/C17H25N3O/c1-11(2)15-9-16(18)13(5)8-17(15)21-10-14-6-7-20(19-14)12(3)4/h6-9,11-12H,10,18H2,1-5H3. The van der Waals surface area contributed by atoms with Crippen LogP contribution < -0.4 is 10.5 Å². The van der Waals surface area contributed by atoms with E-state index in [1.807, 2.05) is 36.0 Å². The van der Waals surface area contributed by atoms with E-state index in [0.717, 1.165) is 28.3 Å². The zero-order chi connectivity index (χ0) is 15.6. The fourth-order valence-electron chi connectivity index (χ4n) is 2.19. The minimum Gasteiger partial charge on any atom is -0.487 e. The van der Waals surface area contributed by atoms with Gasteiger partial charge in [-0.2, -0.15) is 5.10 Å². The normalized spacial score (nSPS) is 11.4. The molecule has 0 aliphatic carbocycles. The SMILES string of the molecule is Cc1cc(OCc2ccn(C(C)C)n2)c(C(C)C)cc1N. The fourth-order valence-corrected chi connectivity index (χ4v) is 2.19. The van der Waals surface area contributed by atoms with Crippen molar-refractivity contribution in [3.05, 3.63) is 41.2 Å². The van der Waals surface area contributed by atoms with Crippen molar-refractivity contribution in [1.82, 2.24) is 9.78 Å². The Labute approximate surface area is 126 Å². The van der Waals surface area contributed by atoms with Crippen LogP contribution in [0.3, 0.4) is 0 Å². The zero-order valence-corrected chi connectivity index (χ0v) is 13.6. The minimum atomic E-state index is 0.365. The van der Waals surface area contributed by atoms with Gasteiger partial charge >= 0.3 is 0 Å². The minimum absolute atomic E-state index is 0.365. The molecular formula is C17H25N3O. The van der Waals surface area contributed by atoms with Crippen molar-refractivity contribution < 1.29 is 4.74 Å². The van der Waals surface area contributed by atoms with Gasteiger partial charge in [-0.3, -0.25) is 4.68 Å². The molecule has 1 aromatic carbocycles. The van der Waals surface area contributed by atoms with Gasteiger partial charge in [0.05, 0.1) is 5.69 Å². The van der Waals surface area contributed by atoms with Gasteiger partial charge in [0.15, 0.2) is 0 Å². The van der Waals surface area contributed by atoms with E-state index in [1.165, 1.54) is 0 Å². The number of ether oxygens (including phenoxy) is 1. The Morgan fingerprint density at radius 2 is 1.95 bits per heavy atom. The average Bonchev–Trinajstić information content (AvgIpc) is 2.88. The lowest BCUT2D eigenvalue weighted by Gasteiger charge is -2.16. The van der Waals surface area contributed by atoms with Crippen LogP contribution in [-0.4, -0.2) is 9.78 Å². The topological polar surface area (TPSA) is 53.1 Å². The van der Waals surface area contributed by atoms with Crippen LogP contribution in [0.4, 0.5) is 5.69 Å². The molecule has 21 heavy (non-hydrogen) atoms. The number of aromatic nitrogens is 2. The third-order valence-corrected chi connectivity index (χ3v) is 3.59. The van der Waals surface area contributed by atoms with E-state index >= 15 is 0 Å². The summed E-state index contributed by atoms with van der Waals surface area (Å²) in [5, 5.41) is 4.51. The van der Waals surface area contributed by atoms with Crippen molar-refractivity contribution in [2.45, 2.75) is 53.2 Å². The molecular weight excluding hydrogens is 262 g/mol. The van der Waals surface area contributed by atoms with Crippen molar-refractivity contribution in [2.24, 2.45) is 0 Å². The fraction of sp³-hybridized carbons (Fsp3) is 0.471. The third-order valence-electron chi connectivity index (χ3n) is 3.59. The second-order valence-corrected chi connectivity index (χ2v) is 6.07. The number of hydrogen-bond acceptors (Lipinski definition) is 3. The van der Waals surface area contributed by atoms with E-state index in [-0.39, 0.29) is 0 Å². The summed E-state index contributed by atoms with van der Waals surface area (Å²) in [5.41, 5.74) is 9.94. The lowest BCUT2D eigenvalue weighted by atomic mass is 9.99. The van der Waals surface area contributed by atoms with E-state index in [2.05, 4.69) is 32.8 Å². The van der Waals surface area contributed by atoms with Gasteiger partial charge in [-0.25, -0.2) is 0 Å². The molecule has 0 saturated carbocycles. The van der Waals surface area contributed by atoms with Crippen LogP contribution in [-0.2, 0) is 6.61 Å². The number of rotatable bonds is 5. The first-order chi connectivity index (χ1) is 9.88. The number of nitrogen functional groups attached to an aromatic ring is 1. The quantitative estimate of drug-likeness (QED) is 0.844. The summed E-state index contributed by atoms with van der Waals surface area (Å²) in [5.74, 6) is 1.27. The molecule has 4 heteroatoms. The first kappa shape index (κ1) is 15.4. The van der Waals surface area contributed by atoms with E-state index in [0.29, 0.717) is 18.6 Å². The molecule has 0 bridgehead atoms. The highest BCUT2D eigenvalue weighted by atomic mass is 16.5. The molecule has 0 atom stereocenters. The van der Waals surface area contributed by atoms with Gasteiger partial charge in [-0.15, -0.1) is 0 Å². The van der Waals surface area contributed by atoms with Crippen LogP contribution in [0.15, 0.2) is 24.4 Å². The predicted molar refractivity (Wildman–Crippen MR) is 86.6 cm³/mol. The predicted octanol–water partition coefficient (Wildman–Crippen LogP) is 4.06. The van der Waals surface area contributed by atoms with Crippen molar-refractivity contribution in [1.29, 1.82) is 0 Å². The molecule has 1 aromatic heterocycles. The Morgan fingerprint density at radius 1 is 1.24 bits per heavy atom. The van der Waals surface area contributed by atoms with Gasteiger partial charge in [0.1, 0.15) is 12.4 Å². The van der Waals surface area contributed by atoms with Gasteiger partial charge in [0.2, 0.25) is 0 Å². The van der Waals surface area contributed by atoms with Gasteiger partial charge in [0.25, 0.3) is 0 Å². The number of aryl methyl sites for hydroxylation is 1. The van der Waals surface area contributed by atoms with E-state index in [4.69, 9.17) is 10.5 Å². The number of benzene rings is 1. The molecule has 0 saturated heterocycles. The van der Waals surface area contributed by atoms with Gasteiger partial charge < -0.3 is 10.5 Å².